The number of carbonyl (C=O) groups is 2. The number of hydrogen-bond acceptors (Lipinski definition) is 5. The molecule has 1 saturated heterocycles. The number of aldehydes is 1. The number of carbonyl (C=O) groups excluding carboxylic acids is 2. The van der Waals surface area contributed by atoms with Crippen molar-refractivity contribution >= 4 is 12.4 Å². The van der Waals surface area contributed by atoms with Gasteiger partial charge >= 0.3 is 6.09 Å². The van der Waals surface area contributed by atoms with Gasteiger partial charge in [0.25, 0.3) is 0 Å². The van der Waals surface area contributed by atoms with Crippen molar-refractivity contribution in [2.45, 2.75) is 44.6 Å². The zero-order valence-corrected chi connectivity index (χ0v) is 13.5. The number of cyclic esters (lactones) is 1. The molecule has 3 aliphatic rings. The van der Waals surface area contributed by atoms with Crippen molar-refractivity contribution in [1.29, 1.82) is 0 Å². The van der Waals surface area contributed by atoms with E-state index in [0.29, 0.717) is 24.6 Å². The van der Waals surface area contributed by atoms with Gasteiger partial charge in [0.2, 0.25) is 5.88 Å². The van der Waals surface area contributed by atoms with Gasteiger partial charge in [-0.3, -0.25) is 0 Å². The minimum atomic E-state index is -0.427. The summed E-state index contributed by atoms with van der Waals surface area (Å²) in [6.45, 7) is 0.432. The molecule has 1 aliphatic carbocycles. The molecule has 24 heavy (non-hydrogen) atoms. The maximum absolute atomic E-state index is 12.1. The normalized spacial score (nSPS) is 22.8. The molecule has 6 heteroatoms. The van der Waals surface area contributed by atoms with Gasteiger partial charge in [-0.1, -0.05) is 18.2 Å². The second kappa shape index (κ2) is 7.86. The molecule has 0 aromatic carbocycles. The SMILES string of the molecule is O=CCCCC[C@H]1CN(C2=COC=C(C3=CC=CCC3)O2)C(=O)O1. The molecule has 1 amide bonds. The highest BCUT2D eigenvalue weighted by Crippen LogP contribution is 2.30. The van der Waals surface area contributed by atoms with Crippen LogP contribution in [0.25, 0.3) is 0 Å². The largest absolute Gasteiger partial charge is 0.463 e. The highest BCUT2D eigenvalue weighted by molar-refractivity contribution is 5.71. The van der Waals surface area contributed by atoms with Crippen molar-refractivity contribution in [3.63, 3.8) is 0 Å². The average Bonchev–Trinajstić information content (AvgIpc) is 3.00. The molecule has 0 unspecified atom stereocenters. The fraction of sp³-hybridized carbons (Fsp3) is 0.444. The van der Waals surface area contributed by atoms with Crippen molar-refractivity contribution in [3.8, 4) is 0 Å². The van der Waals surface area contributed by atoms with Gasteiger partial charge in [-0.05, 0) is 37.7 Å². The molecule has 0 saturated carbocycles. The van der Waals surface area contributed by atoms with Crippen LogP contribution in [0.3, 0.4) is 0 Å². The quantitative estimate of drug-likeness (QED) is 0.527. The summed E-state index contributed by atoms with van der Waals surface area (Å²) >= 11 is 0. The lowest BCUT2D eigenvalue weighted by Crippen LogP contribution is -2.27. The lowest BCUT2D eigenvalue weighted by atomic mass is 10.0. The number of unbranched alkanes of at least 4 members (excludes halogenated alkanes) is 2. The summed E-state index contributed by atoms with van der Waals surface area (Å²) in [6, 6.07) is 0. The van der Waals surface area contributed by atoms with Crippen LogP contribution in [0.4, 0.5) is 4.79 Å². The van der Waals surface area contributed by atoms with Gasteiger partial charge in [0.1, 0.15) is 18.7 Å². The molecule has 0 N–H and O–H groups in total. The third-order valence-electron chi connectivity index (χ3n) is 4.13. The van der Waals surface area contributed by atoms with E-state index in [1.807, 2.05) is 12.2 Å². The minimum Gasteiger partial charge on any atom is -0.463 e. The predicted octanol–water partition coefficient (Wildman–Crippen LogP) is 3.53. The second-order valence-corrected chi connectivity index (χ2v) is 5.90. The van der Waals surface area contributed by atoms with Crippen molar-refractivity contribution in [3.05, 3.63) is 48.0 Å². The smallest absolute Gasteiger partial charge is 0.417 e. The number of hydrogen-bond donors (Lipinski definition) is 0. The third-order valence-corrected chi connectivity index (χ3v) is 4.13. The van der Waals surface area contributed by atoms with Crippen LogP contribution in [-0.2, 0) is 19.0 Å². The lowest BCUT2D eigenvalue weighted by Gasteiger charge is -2.23. The Kier molecular flexibility index (Phi) is 5.36. The maximum Gasteiger partial charge on any atom is 0.417 e. The summed E-state index contributed by atoms with van der Waals surface area (Å²) in [5.74, 6) is 0.974. The topological polar surface area (TPSA) is 65.1 Å². The van der Waals surface area contributed by atoms with Crippen molar-refractivity contribution < 1.29 is 23.8 Å². The Labute approximate surface area is 141 Å². The molecule has 0 bridgehead atoms. The van der Waals surface area contributed by atoms with Crippen LogP contribution in [0.5, 0.6) is 0 Å². The molecule has 0 spiro atoms. The summed E-state index contributed by atoms with van der Waals surface area (Å²) < 4.78 is 16.6. The summed E-state index contributed by atoms with van der Waals surface area (Å²) in [4.78, 5) is 23.9. The first kappa shape index (κ1) is 16.4. The maximum atomic E-state index is 12.1. The van der Waals surface area contributed by atoms with Crippen LogP contribution < -0.4 is 0 Å². The monoisotopic (exact) mass is 331 g/mol. The standard InChI is InChI=1S/C18H21NO5/c20-10-6-2-5-9-15-11-19(18(21)23-15)17-13-22-12-16(24-17)14-7-3-1-4-8-14/h1,3,7,10,12-13,15H,2,4-6,8-9,11H2/t15-/m0/s1. The zero-order valence-electron chi connectivity index (χ0n) is 13.5. The molecule has 6 nitrogen and oxygen atoms in total. The van der Waals surface area contributed by atoms with Crippen molar-refractivity contribution in [2.75, 3.05) is 6.54 Å². The minimum absolute atomic E-state index is 0.181. The Bertz CT molecular complexity index is 617. The molecule has 1 atom stereocenters. The number of allylic oxidation sites excluding steroid dienone is 4. The first-order chi connectivity index (χ1) is 11.8. The molecule has 2 aliphatic heterocycles. The van der Waals surface area contributed by atoms with Crippen molar-refractivity contribution in [1.82, 2.24) is 4.90 Å². The van der Waals surface area contributed by atoms with Crippen molar-refractivity contribution in [2.24, 2.45) is 0 Å². The van der Waals surface area contributed by atoms with E-state index in [1.54, 1.807) is 6.26 Å². The van der Waals surface area contributed by atoms with Gasteiger partial charge in [-0.15, -0.1) is 0 Å². The van der Waals surface area contributed by atoms with Crippen LogP contribution in [0.2, 0.25) is 0 Å². The molecule has 128 valence electrons. The molecule has 0 aromatic heterocycles. The molecule has 2 heterocycles. The number of nitrogens with zero attached hydrogens (tertiary/aromatic N) is 1. The van der Waals surface area contributed by atoms with E-state index in [9.17, 15) is 9.59 Å². The summed E-state index contributed by atoms with van der Waals surface area (Å²) in [5, 5.41) is 0. The van der Waals surface area contributed by atoms with E-state index in [2.05, 4.69) is 6.08 Å². The Morgan fingerprint density at radius 1 is 1.29 bits per heavy atom. The summed E-state index contributed by atoms with van der Waals surface area (Å²) in [6.07, 6.45) is 14.1. The van der Waals surface area contributed by atoms with Crippen LogP contribution in [0.15, 0.2) is 48.0 Å². The van der Waals surface area contributed by atoms with Gasteiger partial charge in [0, 0.05) is 6.42 Å². The van der Waals surface area contributed by atoms with E-state index >= 15 is 0 Å². The molecular weight excluding hydrogens is 310 g/mol. The second-order valence-electron chi connectivity index (χ2n) is 5.90. The highest BCUT2D eigenvalue weighted by Gasteiger charge is 2.35. The van der Waals surface area contributed by atoms with E-state index in [1.165, 1.54) is 11.2 Å². The number of rotatable bonds is 7. The van der Waals surface area contributed by atoms with Crippen LogP contribution in [-0.4, -0.2) is 29.9 Å². The van der Waals surface area contributed by atoms with E-state index in [4.69, 9.17) is 14.2 Å². The predicted molar refractivity (Wildman–Crippen MR) is 86.3 cm³/mol. The van der Waals surface area contributed by atoms with Gasteiger partial charge < -0.3 is 19.0 Å². The van der Waals surface area contributed by atoms with Crippen LogP contribution in [0, 0.1) is 0 Å². The fourth-order valence-electron chi connectivity index (χ4n) is 2.83. The number of amides is 1. The Hall–Kier alpha value is -2.50. The van der Waals surface area contributed by atoms with Gasteiger partial charge in [-0.25, -0.2) is 9.69 Å². The first-order valence-corrected chi connectivity index (χ1v) is 8.29. The molecular formula is C18H21NO5. The lowest BCUT2D eigenvalue weighted by molar-refractivity contribution is -0.107. The Morgan fingerprint density at radius 3 is 3.00 bits per heavy atom. The van der Waals surface area contributed by atoms with Gasteiger partial charge in [0.05, 0.1) is 6.54 Å². The highest BCUT2D eigenvalue weighted by atomic mass is 16.6. The fourth-order valence-corrected chi connectivity index (χ4v) is 2.83. The van der Waals surface area contributed by atoms with E-state index in [0.717, 1.165) is 44.0 Å². The summed E-state index contributed by atoms with van der Waals surface area (Å²) in [7, 11) is 0. The van der Waals surface area contributed by atoms with Crippen LogP contribution >= 0.6 is 0 Å². The molecule has 1 fully saturated rings. The zero-order chi connectivity index (χ0) is 16.8. The average molecular weight is 331 g/mol. The van der Waals surface area contributed by atoms with Gasteiger partial charge in [-0.2, -0.15) is 0 Å². The third kappa shape index (κ3) is 3.88. The Balaban J connectivity index is 1.55. The van der Waals surface area contributed by atoms with E-state index in [-0.39, 0.29) is 6.10 Å². The molecule has 0 radical (unpaired) electrons. The Morgan fingerprint density at radius 2 is 2.21 bits per heavy atom. The van der Waals surface area contributed by atoms with Gasteiger partial charge in [0.15, 0.2) is 12.0 Å². The van der Waals surface area contributed by atoms with Crippen LogP contribution in [0.1, 0.15) is 38.5 Å². The molecule has 0 aromatic rings. The summed E-state index contributed by atoms with van der Waals surface area (Å²) in [5.41, 5.74) is 1.04. The first-order valence-electron chi connectivity index (χ1n) is 8.29. The van der Waals surface area contributed by atoms with E-state index < -0.39 is 6.09 Å². The number of ether oxygens (including phenoxy) is 3. The molecule has 3 rings (SSSR count).